The van der Waals surface area contributed by atoms with Crippen LogP contribution < -0.4 is 21.3 Å². The summed E-state index contributed by atoms with van der Waals surface area (Å²) in [5.41, 5.74) is 2.73. The van der Waals surface area contributed by atoms with Gasteiger partial charge in [0.15, 0.2) is 0 Å². The highest BCUT2D eigenvalue weighted by molar-refractivity contribution is 8.00. The van der Waals surface area contributed by atoms with Crippen LogP contribution in [0, 0.1) is 6.92 Å². The zero-order chi connectivity index (χ0) is 37.0. The lowest BCUT2D eigenvalue weighted by Crippen LogP contribution is -2.30. The van der Waals surface area contributed by atoms with Gasteiger partial charge in [-0.05, 0) is 80.4 Å². The molecule has 5 rings (SSSR count). The molecular weight excluding hydrogens is 697 g/mol. The molecule has 0 spiro atoms. The first-order valence-electron chi connectivity index (χ1n) is 16.3. The van der Waals surface area contributed by atoms with E-state index in [-0.39, 0.29) is 27.7 Å². The number of carbonyl (C=O) groups excluding carboxylic acids is 5. The molecule has 1 heterocycles. The van der Waals surface area contributed by atoms with Crippen LogP contribution in [0.25, 0.3) is 6.08 Å². The number of hydrogen-bond acceptors (Lipinski definition) is 8. The van der Waals surface area contributed by atoms with Crippen LogP contribution in [0.15, 0.2) is 126 Å². The third kappa shape index (κ3) is 9.83. The SMILES string of the molecule is CCOC(=O)c1c(NC(=O)C(C)Sc2cccc(NC(=O)/C(=C/c3ccccc3)NC(=O)c3ccccc3)c2)sc(C(=O)Nc2ccccc2)c1C. The third-order valence-electron chi connectivity index (χ3n) is 7.51. The molecule has 0 bridgehead atoms. The van der Waals surface area contributed by atoms with Gasteiger partial charge in [0.25, 0.3) is 17.7 Å². The molecule has 4 N–H and O–H groups in total. The molecule has 0 aliphatic heterocycles. The summed E-state index contributed by atoms with van der Waals surface area (Å²) in [5, 5.41) is 10.8. The highest BCUT2D eigenvalue weighted by Gasteiger charge is 2.28. The second-order valence-corrected chi connectivity index (χ2v) is 13.8. The summed E-state index contributed by atoms with van der Waals surface area (Å²) < 4.78 is 5.25. The molecule has 12 heteroatoms. The molecule has 1 atom stereocenters. The van der Waals surface area contributed by atoms with E-state index in [1.54, 1.807) is 106 Å². The van der Waals surface area contributed by atoms with Crippen LogP contribution in [-0.4, -0.2) is 41.5 Å². The van der Waals surface area contributed by atoms with Gasteiger partial charge in [0, 0.05) is 21.8 Å². The van der Waals surface area contributed by atoms with E-state index < -0.39 is 34.8 Å². The average Bonchev–Trinajstić information content (AvgIpc) is 3.47. The first kappa shape index (κ1) is 37.3. The van der Waals surface area contributed by atoms with E-state index in [0.717, 1.165) is 16.9 Å². The smallest absolute Gasteiger partial charge is 0.341 e. The Morgan fingerprint density at radius 2 is 1.40 bits per heavy atom. The predicted molar refractivity (Wildman–Crippen MR) is 207 cm³/mol. The molecule has 0 saturated carbocycles. The summed E-state index contributed by atoms with van der Waals surface area (Å²) in [6.07, 6.45) is 1.59. The maximum atomic E-state index is 13.5. The topological polar surface area (TPSA) is 143 Å². The number of para-hydroxylation sites is 1. The number of hydrogen-bond donors (Lipinski definition) is 4. The Balaban J connectivity index is 1.29. The van der Waals surface area contributed by atoms with Crippen molar-refractivity contribution in [2.45, 2.75) is 30.9 Å². The van der Waals surface area contributed by atoms with E-state index in [1.807, 2.05) is 36.4 Å². The van der Waals surface area contributed by atoms with Gasteiger partial charge < -0.3 is 26.0 Å². The number of anilines is 3. The van der Waals surface area contributed by atoms with Crippen LogP contribution in [0.5, 0.6) is 0 Å². The van der Waals surface area contributed by atoms with Gasteiger partial charge in [-0.3, -0.25) is 19.2 Å². The van der Waals surface area contributed by atoms with Crippen molar-refractivity contribution in [3.05, 3.63) is 148 Å². The van der Waals surface area contributed by atoms with E-state index in [1.165, 1.54) is 11.8 Å². The van der Waals surface area contributed by atoms with Gasteiger partial charge in [-0.2, -0.15) is 0 Å². The summed E-state index contributed by atoms with van der Waals surface area (Å²) in [4.78, 5) is 67.1. The molecular formula is C40H36N4O6S2. The minimum Gasteiger partial charge on any atom is -0.462 e. The Bertz CT molecular complexity index is 2100. The highest BCUT2D eigenvalue weighted by atomic mass is 32.2. The molecule has 0 aliphatic rings. The zero-order valence-electron chi connectivity index (χ0n) is 28.6. The van der Waals surface area contributed by atoms with Crippen LogP contribution >= 0.6 is 23.1 Å². The van der Waals surface area contributed by atoms with Crippen molar-refractivity contribution in [2.75, 3.05) is 22.6 Å². The molecule has 4 amide bonds. The number of ether oxygens (including phenoxy) is 1. The van der Waals surface area contributed by atoms with Gasteiger partial charge in [0.2, 0.25) is 5.91 Å². The second kappa shape index (κ2) is 17.8. The summed E-state index contributed by atoms with van der Waals surface area (Å²) in [6.45, 7) is 5.15. The summed E-state index contributed by atoms with van der Waals surface area (Å²) >= 11 is 2.23. The quantitative estimate of drug-likeness (QED) is 0.0546. The molecule has 4 aromatic carbocycles. The van der Waals surface area contributed by atoms with Gasteiger partial charge in [0.05, 0.1) is 22.3 Å². The molecule has 52 heavy (non-hydrogen) atoms. The van der Waals surface area contributed by atoms with Gasteiger partial charge in [-0.25, -0.2) is 4.79 Å². The summed E-state index contributed by atoms with van der Waals surface area (Å²) in [5.74, 6) is -2.43. The van der Waals surface area contributed by atoms with Crippen molar-refractivity contribution in [3.63, 3.8) is 0 Å². The molecule has 1 unspecified atom stereocenters. The predicted octanol–water partition coefficient (Wildman–Crippen LogP) is 8.01. The molecule has 5 aromatic rings. The van der Waals surface area contributed by atoms with E-state index in [0.29, 0.717) is 27.4 Å². The van der Waals surface area contributed by atoms with Crippen LogP contribution in [0.3, 0.4) is 0 Å². The Labute approximate surface area is 309 Å². The van der Waals surface area contributed by atoms with Crippen LogP contribution in [-0.2, 0) is 14.3 Å². The lowest BCUT2D eigenvalue weighted by molar-refractivity contribution is -0.115. The number of thiophene rings is 1. The monoisotopic (exact) mass is 732 g/mol. The van der Waals surface area contributed by atoms with E-state index in [4.69, 9.17) is 4.74 Å². The summed E-state index contributed by atoms with van der Waals surface area (Å²) in [7, 11) is 0. The number of esters is 1. The van der Waals surface area contributed by atoms with Gasteiger partial charge in [0.1, 0.15) is 10.7 Å². The molecule has 0 saturated heterocycles. The maximum Gasteiger partial charge on any atom is 0.341 e. The Morgan fingerprint density at radius 1 is 0.769 bits per heavy atom. The molecule has 0 aliphatic carbocycles. The number of nitrogens with one attached hydrogen (secondary N) is 4. The van der Waals surface area contributed by atoms with Crippen molar-refractivity contribution in [1.82, 2.24) is 5.32 Å². The summed E-state index contributed by atoms with van der Waals surface area (Å²) in [6, 6.07) is 33.6. The Morgan fingerprint density at radius 3 is 2.08 bits per heavy atom. The van der Waals surface area contributed by atoms with Crippen molar-refractivity contribution in [1.29, 1.82) is 0 Å². The first-order valence-corrected chi connectivity index (χ1v) is 18.0. The normalized spacial score (nSPS) is 11.6. The molecule has 0 fully saturated rings. The number of amides is 4. The minimum atomic E-state index is -0.649. The van der Waals surface area contributed by atoms with Crippen molar-refractivity contribution < 1.29 is 28.7 Å². The number of carbonyl (C=O) groups is 5. The van der Waals surface area contributed by atoms with Gasteiger partial charge in [-0.15, -0.1) is 23.1 Å². The fraction of sp³-hybridized carbons (Fsp3) is 0.125. The van der Waals surface area contributed by atoms with E-state index in [9.17, 15) is 24.0 Å². The molecule has 10 nitrogen and oxygen atoms in total. The fourth-order valence-electron chi connectivity index (χ4n) is 4.95. The van der Waals surface area contributed by atoms with Crippen LogP contribution in [0.4, 0.5) is 16.4 Å². The van der Waals surface area contributed by atoms with Crippen molar-refractivity contribution in [3.8, 4) is 0 Å². The Hall–Kier alpha value is -5.98. The largest absolute Gasteiger partial charge is 0.462 e. The van der Waals surface area contributed by atoms with E-state index in [2.05, 4.69) is 21.3 Å². The third-order valence-corrected chi connectivity index (χ3v) is 9.81. The number of thioether (sulfide) groups is 1. The van der Waals surface area contributed by atoms with E-state index >= 15 is 0 Å². The molecule has 264 valence electrons. The zero-order valence-corrected chi connectivity index (χ0v) is 30.2. The average molecular weight is 733 g/mol. The van der Waals surface area contributed by atoms with Crippen LogP contribution in [0.1, 0.15) is 55.4 Å². The second-order valence-electron chi connectivity index (χ2n) is 11.3. The van der Waals surface area contributed by atoms with Gasteiger partial charge in [-0.1, -0.05) is 72.8 Å². The molecule has 1 aromatic heterocycles. The highest BCUT2D eigenvalue weighted by Crippen LogP contribution is 2.35. The van der Waals surface area contributed by atoms with Gasteiger partial charge >= 0.3 is 5.97 Å². The maximum absolute atomic E-state index is 13.5. The number of rotatable bonds is 13. The lowest BCUT2D eigenvalue weighted by Gasteiger charge is -2.14. The first-order chi connectivity index (χ1) is 25.1. The number of benzene rings is 4. The minimum absolute atomic E-state index is 0.0475. The standard InChI is InChI=1S/C40H36N4O6S2/c1-4-50-40(49)33-25(2)34(38(48)41-29-19-12-7-13-20-29)52-39(33)44-35(45)26(3)51-31-22-14-21-30(24-31)42-37(47)32(23-27-15-8-5-9-16-27)43-36(46)28-17-10-6-11-18-28/h5-24,26H,4H2,1-3H3,(H,41,48)(H,42,47)(H,43,46)(H,44,45)/b32-23-. The van der Waals surface area contributed by atoms with Crippen molar-refractivity contribution in [2.24, 2.45) is 0 Å². The Kier molecular flexibility index (Phi) is 12.8. The lowest BCUT2D eigenvalue weighted by atomic mass is 10.1. The molecule has 0 radical (unpaired) electrons. The van der Waals surface area contributed by atoms with Crippen LogP contribution in [0.2, 0.25) is 0 Å². The fourth-order valence-corrected chi connectivity index (χ4v) is 6.97. The van der Waals surface area contributed by atoms with Crippen molar-refractivity contribution >= 4 is 75.1 Å².